The first-order valence-corrected chi connectivity index (χ1v) is 17.5. The molecule has 6 heteroatoms. The van der Waals surface area contributed by atoms with Gasteiger partial charge in [-0.25, -0.2) is 0 Å². The normalized spacial score (nSPS) is 36.1. The monoisotopic (exact) mass is 597 g/mol. The number of esters is 1. The van der Waals surface area contributed by atoms with Gasteiger partial charge in [-0.1, -0.05) is 66.5 Å². The van der Waals surface area contributed by atoms with Gasteiger partial charge >= 0.3 is 5.97 Å². The maximum Gasteiger partial charge on any atom is 0.316 e. The van der Waals surface area contributed by atoms with Gasteiger partial charge in [0.05, 0.1) is 11.9 Å². The van der Waals surface area contributed by atoms with Gasteiger partial charge in [0.15, 0.2) is 0 Å². The molecule has 0 amide bonds. The van der Waals surface area contributed by atoms with Crippen LogP contribution in [0.1, 0.15) is 99.3 Å². The molecule has 234 valence electrons. The lowest BCUT2D eigenvalue weighted by atomic mass is 9.44. The largest absolute Gasteiger partial charge is 0.461 e. The molecule has 42 heavy (non-hydrogen) atoms. The molecule has 3 saturated carbocycles. The minimum absolute atomic E-state index is 0.0301. The predicted octanol–water partition coefficient (Wildman–Crippen LogP) is 8.09. The number of unbranched alkanes of at least 4 members (excludes halogenated alkanes) is 2. The first kappa shape index (κ1) is 33.1. The Balaban J connectivity index is 1.56. The van der Waals surface area contributed by atoms with E-state index in [-0.39, 0.29) is 40.7 Å². The zero-order valence-corrected chi connectivity index (χ0v) is 27.8. The Morgan fingerprint density at radius 3 is 2.50 bits per heavy atom. The number of hydrogen-bond acceptors (Lipinski definition) is 6. The molecular weight excluding hydrogens is 542 g/mol. The number of carbonyl (C=O) groups excluding carboxylic acids is 2. The molecule has 0 saturated heterocycles. The number of hydrogen-bond donors (Lipinski definition) is 1. The fourth-order valence-electron chi connectivity index (χ4n) is 8.67. The average Bonchev–Trinajstić information content (AvgIpc) is 3.34. The van der Waals surface area contributed by atoms with E-state index in [0.717, 1.165) is 62.9 Å². The van der Waals surface area contributed by atoms with E-state index in [2.05, 4.69) is 70.4 Å². The van der Waals surface area contributed by atoms with E-state index in [9.17, 15) is 14.7 Å². The van der Waals surface area contributed by atoms with Crippen molar-refractivity contribution in [3.63, 3.8) is 0 Å². The molecule has 0 aliphatic heterocycles. The molecule has 4 rings (SSSR count). The maximum absolute atomic E-state index is 13.6. The number of nitrogens with zero attached hydrogens (tertiary/aromatic N) is 1. The van der Waals surface area contributed by atoms with Crippen LogP contribution in [-0.4, -0.2) is 47.9 Å². The minimum atomic E-state index is -0.650. The third kappa shape index (κ3) is 6.09. The van der Waals surface area contributed by atoms with Crippen molar-refractivity contribution in [3.8, 4) is 0 Å². The molecule has 1 N–H and O–H groups in total. The summed E-state index contributed by atoms with van der Waals surface area (Å²) in [7, 11) is 0. The highest BCUT2D eigenvalue weighted by Crippen LogP contribution is 2.68. The van der Waals surface area contributed by atoms with Gasteiger partial charge in [-0.05, 0) is 74.0 Å². The zero-order valence-electron chi connectivity index (χ0n) is 27.0. The second-order valence-electron chi connectivity index (χ2n) is 14.0. The lowest BCUT2D eigenvalue weighted by Gasteiger charge is -2.61. The van der Waals surface area contributed by atoms with Gasteiger partial charge < -0.3 is 14.7 Å². The average molecular weight is 598 g/mol. The topological polar surface area (TPSA) is 66.8 Å². The van der Waals surface area contributed by atoms with Crippen LogP contribution in [0.15, 0.2) is 41.8 Å². The van der Waals surface area contributed by atoms with E-state index in [1.165, 1.54) is 17.4 Å². The summed E-state index contributed by atoms with van der Waals surface area (Å²) < 4.78 is 6.44. The Hall–Kier alpha value is -1.79. The molecule has 5 nitrogen and oxygen atoms in total. The summed E-state index contributed by atoms with van der Waals surface area (Å²) in [5, 5.41) is 11.7. The molecule has 1 aromatic rings. The van der Waals surface area contributed by atoms with Crippen LogP contribution < -0.4 is 4.90 Å². The van der Waals surface area contributed by atoms with Crippen LogP contribution in [0.3, 0.4) is 0 Å². The number of ether oxygens (including phenoxy) is 1. The van der Waals surface area contributed by atoms with Crippen molar-refractivity contribution in [1.29, 1.82) is 0 Å². The molecule has 0 unspecified atom stereocenters. The summed E-state index contributed by atoms with van der Waals surface area (Å²) in [4.78, 5) is 30.7. The lowest BCUT2D eigenvalue weighted by Crippen LogP contribution is -2.63. The number of carbonyl (C=O) groups is 2. The molecule has 0 radical (unpaired) electrons. The molecule has 3 fully saturated rings. The van der Waals surface area contributed by atoms with Crippen molar-refractivity contribution in [2.24, 2.45) is 34.0 Å². The fourth-order valence-corrected chi connectivity index (χ4v) is 9.41. The quantitative estimate of drug-likeness (QED) is 0.149. The highest BCUT2D eigenvalue weighted by atomic mass is 32.2. The molecule has 3 aliphatic rings. The van der Waals surface area contributed by atoms with Crippen molar-refractivity contribution >= 4 is 29.2 Å². The number of anilines is 1. The maximum atomic E-state index is 13.6. The number of rotatable bonds is 12. The molecule has 0 heterocycles. The minimum Gasteiger partial charge on any atom is -0.461 e. The smallest absolute Gasteiger partial charge is 0.316 e. The Morgan fingerprint density at radius 2 is 1.86 bits per heavy atom. The Labute approximate surface area is 259 Å². The van der Waals surface area contributed by atoms with E-state index in [4.69, 9.17) is 4.74 Å². The van der Waals surface area contributed by atoms with Gasteiger partial charge in [-0.2, -0.15) is 0 Å². The Morgan fingerprint density at radius 1 is 1.17 bits per heavy atom. The van der Waals surface area contributed by atoms with E-state index in [1.54, 1.807) is 0 Å². The highest BCUT2D eigenvalue weighted by molar-refractivity contribution is 8.00. The zero-order chi connectivity index (χ0) is 30.7. The fraction of sp³-hybridized carbons (Fsp3) is 0.722. The SMILES string of the molecule is C=C[C@]1(C)C[C@@H](OC(=O)CSc2cccc(N(CCCC)CCCC)c2)[C@]2(C)[C@H](C)CC[C@]3(CCC(=O)[C@H]32)[C@@H](C)[C@@H]1O. The van der Waals surface area contributed by atoms with Crippen LogP contribution in [0.4, 0.5) is 5.69 Å². The van der Waals surface area contributed by atoms with Gasteiger partial charge in [0.2, 0.25) is 0 Å². The van der Waals surface area contributed by atoms with Gasteiger partial charge in [-0.3, -0.25) is 9.59 Å². The lowest BCUT2D eigenvalue weighted by molar-refractivity contribution is -0.205. The van der Waals surface area contributed by atoms with Crippen LogP contribution in [0, 0.1) is 34.0 Å². The third-order valence-electron chi connectivity index (χ3n) is 11.7. The van der Waals surface area contributed by atoms with E-state index < -0.39 is 23.0 Å². The van der Waals surface area contributed by atoms with Crippen molar-refractivity contribution in [3.05, 3.63) is 36.9 Å². The standard InChI is InChI=1S/C36H55NO4S/c1-8-11-20-37(21-12-9-2)27-14-13-15-28(22-27)42-24-31(39)41-30-23-34(6,10-3)33(40)26(5)36-18-16-25(4)35(30,7)32(36)29(38)17-19-36/h10,13-15,22,25-26,30,32-33,40H,3,8-9,11-12,16-21,23-24H2,1-2,4-7H3/t25-,26+,30-,32+,33+,34-,35+,36+/m1/s1. The van der Waals surface area contributed by atoms with E-state index >= 15 is 0 Å². The van der Waals surface area contributed by atoms with Crippen molar-refractivity contribution < 1.29 is 19.4 Å². The van der Waals surface area contributed by atoms with E-state index in [1.807, 2.05) is 13.0 Å². The number of Topliss-reactive ketones (excluding diaryl/α,β-unsaturated/α-hetero) is 1. The summed E-state index contributed by atoms with van der Waals surface area (Å²) in [6, 6.07) is 8.51. The van der Waals surface area contributed by atoms with Crippen LogP contribution in [-0.2, 0) is 14.3 Å². The third-order valence-corrected chi connectivity index (χ3v) is 12.6. The van der Waals surface area contributed by atoms with E-state index in [0.29, 0.717) is 12.8 Å². The molecular formula is C36H55NO4S. The molecule has 3 aliphatic carbocycles. The second-order valence-corrected chi connectivity index (χ2v) is 15.1. The highest BCUT2D eigenvalue weighted by Gasteiger charge is 2.68. The van der Waals surface area contributed by atoms with Crippen LogP contribution in [0.25, 0.3) is 0 Å². The second kappa shape index (κ2) is 13.5. The molecule has 1 aromatic carbocycles. The summed E-state index contributed by atoms with van der Waals surface area (Å²) in [5.41, 5.74) is -0.151. The first-order chi connectivity index (χ1) is 20.0. The Kier molecular flexibility index (Phi) is 10.6. The molecule has 8 atom stereocenters. The summed E-state index contributed by atoms with van der Waals surface area (Å²) >= 11 is 1.52. The van der Waals surface area contributed by atoms with Gasteiger partial charge in [0, 0.05) is 46.8 Å². The number of thioether (sulfide) groups is 1. The van der Waals surface area contributed by atoms with Gasteiger partial charge in [-0.15, -0.1) is 18.3 Å². The predicted molar refractivity (Wildman–Crippen MR) is 174 cm³/mol. The number of aliphatic hydroxyl groups excluding tert-OH is 1. The number of aliphatic hydroxyl groups is 1. The summed E-state index contributed by atoms with van der Waals surface area (Å²) in [6.45, 7) is 19.3. The van der Waals surface area contributed by atoms with Crippen LogP contribution in [0.2, 0.25) is 0 Å². The van der Waals surface area contributed by atoms with Crippen LogP contribution >= 0.6 is 11.8 Å². The van der Waals surface area contributed by atoms with Gasteiger partial charge in [0.1, 0.15) is 11.9 Å². The first-order valence-electron chi connectivity index (χ1n) is 16.5. The number of ketones is 1. The molecule has 2 bridgehead atoms. The number of benzene rings is 1. The summed E-state index contributed by atoms with van der Waals surface area (Å²) in [6.07, 6.45) is 9.13. The van der Waals surface area contributed by atoms with Crippen molar-refractivity contribution in [2.45, 2.75) is 116 Å². The summed E-state index contributed by atoms with van der Waals surface area (Å²) in [5.74, 6) is 0.238. The van der Waals surface area contributed by atoms with Crippen molar-refractivity contribution in [2.75, 3.05) is 23.7 Å². The molecule has 0 spiro atoms. The van der Waals surface area contributed by atoms with Crippen molar-refractivity contribution in [1.82, 2.24) is 0 Å². The van der Waals surface area contributed by atoms with Gasteiger partial charge in [0.25, 0.3) is 0 Å². The van der Waals surface area contributed by atoms with Crippen LogP contribution in [0.5, 0.6) is 0 Å². The Bertz CT molecular complexity index is 1120. The molecule has 0 aromatic heterocycles.